The SMILES string of the molecule is Nc1ccc(CSc2ccncc2)cc1[N+](=O)[O-]. The molecule has 18 heavy (non-hydrogen) atoms. The van der Waals surface area contributed by atoms with E-state index in [0.29, 0.717) is 5.75 Å². The fourth-order valence-electron chi connectivity index (χ4n) is 1.44. The van der Waals surface area contributed by atoms with Crippen molar-refractivity contribution in [1.29, 1.82) is 0 Å². The van der Waals surface area contributed by atoms with Crippen LogP contribution in [0.15, 0.2) is 47.6 Å². The molecule has 0 aliphatic heterocycles. The summed E-state index contributed by atoms with van der Waals surface area (Å²) in [6, 6.07) is 8.69. The lowest BCUT2D eigenvalue weighted by molar-refractivity contribution is -0.383. The Labute approximate surface area is 108 Å². The fourth-order valence-corrected chi connectivity index (χ4v) is 2.27. The van der Waals surface area contributed by atoms with Crippen LogP contribution in [-0.2, 0) is 5.75 Å². The van der Waals surface area contributed by atoms with E-state index in [2.05, 4.69) is 4.98 Å². The van der Waals surface area contributed by atoms with E-state index in [1.807, 2.05) is 12.1 Å². The monoisotopic (exact) mass is 261 g/mol. The van der Waals surface area contributed by atoms with Crippen LogP contribution in [-0.4, -0.2) is 9.91 Å². The van der Waals surface area contributed by atoms with Gasteiger partial charge in [0.15, 0.2) is 0 Å². The quantitative estimate of drug-likeness (QED) is 0.396. The second-order valence-corrected chi connectivity index (χ2v) is 4.67. The maximum Gasteiger partial charge on any atom is 0.292 e. The van der Waals surface area contributed by atoms with Gasteiger partial charge in [0.2, 0.25) is 0 Å². The summed E-state index contributed by atoms with van der Waals surface area (Å²) >= 11 is 1.60. The van der Waals surface area contributed by atoms with Crippen LogP contribution in [0, 0.1) is 10.1 Å². The molecule has 1 heterocycles. The molecule has 0 saturated heterocycles. The van der Waals surface area contributed by atoms with Crippen LogP contribution < -0.4 is 5.73 Å². The molecule has 0 atom stereocenters. The van der Waals surface area contributed by atoms with E-state index in [-0.39, 0.29) is 11.4 Å². The minimum absolute atomic E-state index is 0.0390. The Balaban J connectivity index is 2.11. The van der Waals surface area contributed by atoms with Gasteiger partial charge in [0.1, 0.15) is 5.69 Å². The number of nitrogens with zero attached hydrogens (tertiary/aromatic N) is 2. The first kappa shape index (κ1) is 12.4. The zero-order chi connectivity index (χ0) is 13.0. The molecule has 6 heteroatoms. The summed E-state index contributed by atoms with van der Waals surface area (Å²) in [6.45, 7) is 0. The highest BCUT2D eigenvalue weighted by Crippen LogP contribution is 2.27. The van der Waals surface area contributed by atoms with Crippen molar-refractivity contribution in [3.05, 3.63) is 58.4 Å². The zero-order valence-electron chi connectivity index (χ0n) is 9.45. The number of thioether (sulfide) groups is 1. The third-order valence-corrected chi connectivity index (χ3v) is 3.43. The molecule has 0 unspecified atom stereocenters. The first-order valence-corrected chi connectivity index (χ1v) is 6.21. The maximum atomic E-state index is 10.8. The van der Waals surface area contributed by atoms with Crippen molar-refractivity contribution in [1.82, 2.24) is 4.98 Å². The van der Waals surface area contributed by atoms with Crippen molar-refractivity contribution in [3.63, 3.8) is 0 Å². The summed E-state index contributed by atoms with van der Waals surface area (Å²) in [5.74, 6) is 0.658. The number of benzene rings is 1. The molecule has 0 spiro atoms. The number of nitro groups is 1. The second kappa shape index (κ2) is 5.50. The summed E-state index contributed by atoms with van der Waals surface area (Å²) in [5, 5.41) is 10.8. The van der Waals surface area contributed by atoms with Crippen LogP contribution in [0.1, 0.15) is 5.56 Å². The summed E-state index contributed by atoms with van der Waals surface area (Å²) in [5.41, 5.74) is 6.57. The Bertz CT molecular complexity index is 561. The Morgan fingerprint density at radius 1 is 1.28 bits per heavy atom. The number of anilines is 1. The van der Waals surface area contributed by atoms with E-state index in [0.717, 1.165) is 10.5 Å². The first-order valence-electron chi connectivity index (χ1n) is 5.22. The van der Waals surface area contributed by atoms with Crippen LogP contribution in [0.5, 0.6) is 0 Å². The van der Waals surface area contributed by atoms with Crippen molar-refractivity contribution >= 4 is 23.1 Å². The molecule has 0 saturated carbocycles. The van der Waals surface area contributed by atoms with Gasteiger partial charge in [0, 0.05) is 29.1 Å². The first-order chi connectivity index (χ1) is 8.66. The molecule has 0 bridgehead atoms. The Hall–Kier alpha value is -2.08. The molecular weight excluding hydrogens is 250 g/mol. The average molecular weight is 261 g/mol. The maximum absolute atomic E-state index is 10.8. The lowest BCUT2D eigenvalue weighted by Gasteiger charge is -2.03. The molecule has 0 fully saturated rings. The van der Waals surface area contributed by atoms with E-state index < -0.39 is 4.92 Å². The van der Waals surface area contributed by atoms with Crippen molar-refractivity contribution in [2.24, 2.45) is 0 Å². The largest absolute Gasteiger partial charge is 0.393 e. The van der Waals surface area contributed by atoms with Crippen molar-refractivity contribution < 1.29 is 4.92 Å². The second-order valence-electron chi connectivity index (χ2n) is 3.62. The van der Waals surface area contributed by atoms with Crippen molar-refractivity contribution in [2.75, 3.05) is 5.73 Å². The van der Waals surface area contributed by atoms with Crippen LogP contribution in [0.3, 0.4) is 0 Å². The molecule has 2 aromatic rings. The van der Waals surface area contributed by atoms with Crippen LogP contribution in [0.4, 0.5) is 11.4 Å². The predicted octanol–water partition coefficient (Wildman–Crippen LogP) is 2.86. The smallest absolute Gasteiger partial charge is 0.292 e. The molecular formula is C12H11N3O2S. The molecule has 0 aliphatic rings. The standard InChI is InChI=1S/C12H11N3O2S/c13-11-2-1-9(7-12(11)15(16)17)8-18-10-3-5-14-6-4-10/h1-7H,8,13H2. The van der Waals surface area contributed by atoms with Gasteiger partial charge in [-0.25, -0.2) is 0 Å². The minimum Gasteiger partial charge on any atom is -0.393 e. The van der Waals surface area contributed by atoms with Gasteiger partial charge in [-0.3, -0.25) is 15.1 Å². The van der Waals surface area contributed by atoms with E-state index in [1.165, 1.54) is 6.07 Å². The molecule has 0 radical (unpaired) electrons. The van der Waals surface area contributed by atoms with Crippen molar-refractivity contribution in [3.8, 4) is 0 Å². The molecule has 2 rings (SSSR count). The zero-order valence-corrected chi connectivity index (χ0v) is 10.3. The van der Waals surface area contributed by atoms with E-state index in [1.54, 1.807) is 36.3 Å². The van der Waals surface area contributed by atoms with Crippen LogP contribution in [0.25, 0.3) is 0 Å². The number of rotatable bonds is 4. The van der Waals surface area contributed by atoms with Gasteiger partial charge >= 0.3 is 0 Å². The van der Waals surface area contributed by atoms with E-state index in [4.69, 9.17) is 5.73 Å². The number of nitro benzene ring substituents is 1. The lowest BCUT2D eigenvalue weighted by Crippen LogP contribution is -1.96. The molecule has 2 N–H and O–H groups in total. The number of nitrogen functional groups attached to an aromatic ring is 1. The minimum atomic E-state index is -0.462. The highest BCUT2D eigenvalue weighted by Gasteiger charge is 2.11. The molecule has 5 nitrogen and oxygen atoms in total. The fraction of sp³-hybridized carbons (Fsp3) is 0.0833. The Morgan fingerprint density at radius 2 is 2.00 bits per heavy atom. The highest BCUT2D eigenvalue weighted by atomic mass is 32.2. The number of hydrogen-bond acceptors (Lipinski definition) is 5. The van der Waals surface area contributed by atoms with E-state index in [9.17, 15) is 10.1 Å². The lowest BCUT2D eigenvalue weighted by atomic mass is 10.2. The average Bonchev–Trinajstić information content (AvgIpc) is 2.38. The van der Waals surface area contributed by atoms with Crippen molar-refractivity contribution in [2.45, 2.75) is 10.6 Å². The Morgan fingerprint density at radius 3 is 2.67 bits per heavy atom. The predicted molar refractivity (Wildman–Crippen MR) is 71.3 cm³/mol. The normalized spacial score (nSPS) is 10.2. The third kappa shape index (κ3) is 2.98. The Kier molecular flexibility index (Phi) is 3.78. The van der Waals surface area contributed by atoms with Gasteiger partial charge in [0.25, 0.3) is 5.69 Å². The molecule has 0 aliphatic carbocycles. The number of hydrogen-bond donors (Lipinski definition) is 1. The van der Waals surface area contributed by atoms with Crippen LogP contribution >= 0.6 is 11.8 Å². The van der Waals surface area contributed by atoms with Gasteiger partial charge < -0.3 is 5.73 Å². The summed E-state index contributed by atoms with van der Waals surface area (Å²) in [6.07, 6.45) is 3.43. The summed E-state index contributed by atoms with van der Waals surface area (Å²) < 4.78 is 0. The molecule has 1 aromatic carbocycles. The van der Waals surface area contributed by atoms with Gasteiger partial charge in [0.05, 0.1) is 4.92 Å². The summed E-state index contributed by atoms with van der Waals surface area (Å²) in [4.78, 5) is 15.3. The number of pyridine rings is 1. The summed E-state index contributed by atoms with van der Waals surface area (Å²) in [7, 11) is 0. The van der Waals surface area contributed by atoms with Gasteiger partial charge in [-0.2, -0.15) is 0 Å². The van der Waals surface area contributed by atoms with Gasteiger partial charge in [-0.15, -0.1) is 11.8 Å². The highest BCUT2D eigenvalue weighted by molar-refractivity contribution is 7.98. The topological polar surface area (TPSA) is 82.0 Å². The third-order valence-electron chi connectivity index (χ3n) is 2.35. The van der Waals surface area contributed by atoms with Gasteiger partial charge in [-0.1, -0.05) is 6.07 Å². The van der Waals surface area contributed by atoms with Crippen LogP contribution in [0.2, 0.25) is 0 Å². The molecule has 92 valence electrons. The number of nitrogens with two attached hydrogens (primary N) is 1. The molecule has 0 amide bonds. The number of aromatic nitrogens is 1. The van der Waals surface area contributed by atoms with Gasteiger partial charge in [-0.05, 0) is 23.8 Å². The van der Waals surface area contributed by atoms with E-state index >= 15 is 0 Å². The molecule has 1 aromatic heterocycles.